The maximum absolute atomic E-state index is 12.1. The molecule has 2 amide bonds. The Labute approximate surface area is 135 Å². The SMILES string of the molecule is CCC(=O)NC(CCSC)C(=O)NCC(=O)c1ccccc1. The predicted octanol–water partition coefficient (Wildman–Crippen LogP) is 1.63. The zero-order valence-electron chi connectivity index (χ0n) is 12.9. The van der Waals surface area contributed by atoms with Gasteiger partial charge in [0, 0.05) is 12.0 Å². The zero-order valence-corrected chi connectivity index (χ0v) is 13.7. The first-order chi connectivity index (χ1) is 10.6. The van der Waals surface area contributed by atoms with Crippen LogP contribution in [0.2, 0.25) is 0 Å². The van der Waals surface area contributed by atoms with E-state index in [1.165, 1.54) is 0 Å². The van der Waals surface area contributed by atoms with E-state index in [4.69, 9.17) is 0 Å². The molecule has 0 aliphatic carbocycles. The Hall–Kier alpha value is -1.82. The topological polar surface area (TPSA) is 75.3 Å². The van der Waals surface area contributed by atoms with Crippen LogP contribution in [-0.2, 0) is 9.59 Å². The minimum absolute atomic E-state index is 0.0688. The van der Waals surface area contributed by atoms with Crippen molar-refractivity contribution in [3.63, 3.8) is 0 Å². The highest BCUT2D eigenvalue weighted by atomic mass is 32.2. The fourth-order valence-electron chi connectivity index (χ4n) is 1.82. The smallest absolute Gasteiger partial charge is 0.242 e. The molecule has 0 bridgehead atoms. The van der Waals surface area contributed by atoms with Crippen molar-refractivity contribution in [2.24, 2.45) is 0 Å². The number of benzene rings is 1. The summed E-state index contributed by atoms with van der Waals surface area (Å²) in [6, 6.07) is 8.20. The summed E-state index contributed by atoms with van der Waals surface area (Å²) >= 11 is 1.61. The molecule has 22 heavy (non-hydrogen) atoms. The molecule has 1 aromatic rings. The Morgan fingerprint density at radius 3 is 2.45 bits per heavy atom. The van der Waals surface area contributed by atoms with Crippen LogP contribution in [0.1, 0.15) is 30.1 Å². The van der Waals surface area contributed by atoms with Crippen molar-refractivity contribution in [1.82, 2.24) is 10.6 Å². The second-order valence-electron chi connectivity index (χ2n) is 4.76. The molecule has 1 rings (SSSR count). The van der Waals surface area contributed by atoms with E-state index in [1.807, 2.05) is 12.3 Å². The van der Waals surface area contributed by atoms with Crippen molar-refractivity contribution >= 4 is 29.4 Å². The fourth-order valence-corrected chi connectivity index (χ4v) is 2.29. The predicted molar refractivity (Wildman–Crippen MR) is 89.0 cm³/mol. The number of hydrogen-bond donors (Lipinski definition) is 2. The molecule has 1 atom stereocenters. The first kappa shape index (κ1) is 18.2. The lowest BCUT2D eigenvalue weighted by Crippen LogP contribution is -2.48. The number of rotatable bonds is 9. The van der Waals surface area contributed by atoms with Gasteiger partial charge in [-0.05, 0) is 18.4 Å². The summed E-state index contributed by atoms with van der Waals surface area (Å²) in [6.07, 6.45) is 2.81. The Morgan fingerprint density at radius 2 is 1.86 bits per heavy atom. The van der Waals surface area contributed by atoms with Crippen LogP contribution >= 0.6 is 11.8 Å². The van der Waals surface area contributed by atoms with Crippen LogP contribution in [0.3, 0.4) is 0 Å². The summed E-state index contributed by atoms with van der Waals surface area (Å²) in [5.41, 5.74) is 0.557. The zero-order chi connectivity index (χ0) is 16.4. The molecule has 2 N–H and O–H groups in total. The fraction of sp³-hybridized carbons (Fsp3) is 0.438. The molecule has 0 aromatic heterocycles. The quantitative estimate of drug-likeness (QED) is 0.678. The van der Waals surface area contributed by atoms with E-state index in [-0.39, 0.29) is 24.1 Å². The average Bonchev–Trinajstić information content (AvgIpc) is 2.56. The van der Waals surface area contributed by atoms with Crippen LogP contribution in [0.15, 0.2) is 30.3 Å². The Balaban J connectivity index is 2.54. The van der Waals surface area contributed by atoms with Crippen molar-refractivity contribution < 1.29 is 14.4 Å². The molecule has 0 heterocycles. The van der Waals surface area contributed by atoms with Gasteiger partial charge >= 0.3 is 0 Å². The van der Waals surface area contributed by atoms with Gasteiger partial charge in [0.1, 0.15) is 6.04 Å². The van der Waals surface area contributed by atoms with Crippen molar-refractivity contribution in [2.45, 2.75) is 25.8 Å². The number of Topliss-reactive ketones (excluding diaryl/α,β-unsaturated/α-hetero) is 1. The lowest BCUT2D eigenvalue weighted by Gasteiger charge is -2.17. The summed E-state index contributed by atoms with van der Waals surface area (Å²) in [5.74, 6) is 0.115. The standard InChI is InChI=1S/C16H22N2O3S/c1-3-15(20)18-13(9-10-22-2)16(21)17-11-14(19)12-7-5-4-6-8-12/h4-8,13H,3,9-11H2,1-2H3,(H,17,21)(H,18,20). The summed E-state index contributed by atoms with van der Waals surface area (Å²) in [7, 11) is 0. The molecule has 6 heteroatoms. The van der Waals surface area contributed by atoms with Crippen LogP contribution in [0, 0.1) is 0 Å². The first-order valence-electron chi connectivity index (χ1n) is 7.22. The van der Waals surface area contributed by atoms with E-state index in [0.717, 1.165) is 5.75 Å². The van der Waals surface area contributed by atoms with Gasteiger partial charge in [0.25, 0.3) is 0 Å². The van der Waals surface area contributed by atoms with Crippen molar-refractivity contribution in [3.8, 4) is 0 Å². The van der Waals surface area contributed by atoms with E-state index in [2.05, 4.69) is 10.6 Å². The Morgan fingerprint density at radius 1 is 1.18 bits per heavy atom. The number of carbonyl (C=O) groups is 3. The van der Waals surface area contributed by atoms with Gasteiger partial charge in [-0.1, -0.05) is 37.3 Å². The normalized spacial score (nSPS) is 11.5. The first-order valence-corrected chi connectivity index (χ1v) is 8.62. The van der Waals surface area contributed by atoms with Crippen LogP contribution < -0.4 is 10.6 Å². The van der Waals surface area contributed by atoms with Gasteiger partial charge in [-0.25, -0.2) is 0 Å². The Bertz CT molecular complexity index is 505. The van der Waals surface area contributed by atoms with Gasteiger partial charge in [0.05, 0.1) is 6.54 Å². The molecular formula is C16H22N2O3S. The van der Waals surface area contributed by atoms with Crippen LogP contribution in [0.5, 0.6) is 0 Å². The van der Waals surface area contributed by atoms with Gasteiger partial charge in [0.15, 0.2) is 5.78 Å². The maximum atomic E-state index is 12.1. The second kappa shape index (κ2) is 10.00. The number of hydrogen-bond acceptors (Lipinski definition) is 4. The number of thioether (sulfide) groups is 1. The second-order valence-corrected chi connectivity index (χ2v) is 5.75. The van der Waals surface area contributed by atoms with Crippen LogP contribution in [0.4, 0.5) is 0 Å². The molecule has 0 radical (unpaired) electrons. The third-order valence-electron chi connectivity index (χ3n) is 3.10. The van der Waals surface area contributed by atoms with Gasteiger partial charge in [0.2, 0.25) is 11.8 Å². The van der Waals surface area contributed by atoms with Gasteiger partial charge < -0.3 is 10.6 Å². The van der Waals surface area contributed by atoms with E-state index >= 15 is 0 Å². The average molecular weight is 322 g/mol. The number of carbonyl (C=O) groups excluding carboxylic acids is 3. The molecule has 0 fully saturated rings. The molecule has 0 aliphatic heterocycles. The third kappa shape index (κ3) is 6.30. The van der Waals surface area contributed by atoms with Gasteiger partial charge in [-0.3, -0.25) is 14.4 Å². The molecule has 0 saturated heterocycles. The molecular weight excluding hydrogens is 300 g/mol. The third-order valence-corrected chi connectivity index (χ3v) is 3.75. The van der Waals surface area contributed by atoms with Gasteiger partial charge in [-0.2, -0.15) is 11.8 Å². The lowest BCUT2D eigenvalue weighted by atomic mass is 10.1. The number of ketones is 1. The molecule has 120 valence electrons. The van der Waals surface area contributed by atoms with Crippen molar-refractivity contribution in [1.29, 1.82) is 0 Å². The molecule has 1 unspecified atom stereocenters. The molecule has 1 aromatic carbocycles. The van der Waals surface area contributed by atoms with E-state index < -0.39 is 6.04 Å². The highest BCUT2D eigenvalue weighted by Crippen LogP contribution is 2.03. The largest absolute Gasteiger partial charge is 0.347 e. The molecule has 5 nitrogen and oxygen atoms in total. The van der Waals surface area contributed by atoms with E-state index in [1.54, 1.807) is 43.0 Å². The number of amides is 2. The van der Waals surface area contributed by atoms with Crippen LogP contribution in [0.25, 0.3) is 0 Å². The number of nitrogens with one attached hydrogen (secondary N) is 2. The van der Waals surface area contributed by atoms with Gasteiger partial charge in [-0.15, -0.1) is 0 Å². The summed E-state index contributed by atoms with van der Waals surface area (Å²) < 4.78 is 0. The highest BCUT2D eigenvalue weighted by molar-refractivity contribution is 7.98. The molecule has 0 aliphatic rings. The van der Waals surface area contributed by atoms with E-state index in [9.17, 15) is 14.4 Å². The maximum Gasteiger partial charge on any atom is 0.242 e. The summed E-state index contributed by atoms with van der Waals surface area (Å²) in [4.78, 5) is 35.6. The molecule has 0 saturated carbocycles. The molecule has 0 spiro atoms. The van der Waals surface area contributed by atoms with Crippen molar-refractivity contribution in [3.05, 3.63) is 35.9 Å². The lowest BCUT2D eigenvalue weighted by molar-refractivity contribution is -0.128. The van der Waals surface area contributed by atoms with Crippen LogP contribution in [-0.4, -0.2) is 42.2 Å². The minimum atomic E-state index is -0.594. The minimum Gasteiger partial charge on any atom is -0.347 e. The summed E-state index contributed by atoms with van der Waals surface area (Å²) in [5, 5.41) is 5.30. The van der Waals surface area contributed by atoms with Crippen molar-refractivity contribution in [2.75, 3.05) is 18.6 Å². The summed E-state index contributed by atoms with van der Waals surface area (Å²) in [6.45, 7) is 1.67. The Kier molecular flexibility index (Phi) is 8.28. The monoisotopic (exact) mass is 322 g/mol. The highest BCUT2D eigenvalue weighted by Gasteiger charge is 2.20. The van der Waals surface area contributed by atoms with E-state index in [0.29, 0.717) is 18.4 Å².